The number of hydrogen-bond acceptors (Lipinski definition) is 9. The van der Waals surface area contributed by atoms with Crippen LogP contribution >= 0.6 is 11.8 Å². The van der Waals surface area contributed by atoms with Gasteiger partial charge in [-0.25, -0.2) is 0 Å². The Hall–Kier alpha value is -3.91. The largest absolute Gasteiger partial charge is 0.497 e. The first-order valence-corrected chi connectivity index (χ1v) is 22.3. The number of hydrogen-bond donors (Lipinski definition) is 3. The molecule has 0 aromatic heterocycles. The molecule has 5 amide bonds. The molecule has 13 nitrogen and oxygen atoms in total. The lowest BCUT2D eigenvalue weighted by Gasteiger charge is -2.39. The zero-order valence-corrected chi connectivity index (χ0v) is 38.2. The number of nitrogens with one attached hydrogen (secondary N) is 2. The summed E-state index contributed by atoms with van der Waals surface area (Å²) in [6.07, 6.45) is 4.19. The second-order valence-corrected chi connectivity index (χ2v) is 19.3. The van der Waals surface area contributed by atoms with Gasteiger partial charge in [-0.1, -0.05) is 73.1 Å². The van der Waals surface area contributed by atoms with Crippen molar-refractivity contribution in [2.75, 3.05) is 33.5 Å². The van der Waals surface area contributed by atoms with Crippen LogP contribution in [0.4, 0.5) is 0 Å². The van der Waals surface area contributed by atoms with E-state index >= 15 is 0 Å². The fourth-order valence-corrected chi connectivity index (χ4v) is 9.42. The maximum Gasteiger partial charge on any atom is 0.247 e. The van der Waals surface area contributed by atoms with Gasteiger partial charge in [0.15, 0.2) is 0 Å². The number of carbonyl (C=O) groups is 5. The molecule has 1 aromatic rings. The lowest BCUT2D eigenvalue weighted by molar-refractivity contribution is -0.153. The number of ether oxygens (including phenoxy) is 1. The van der Waals surface area contributed by atoms with Crippen LogP contribution in [0.1, 0.15) is 100.0 Å². The molecule has 4 rings (SSSR count). The van der Waals surface area contributed by atoms with Gasteiger partial charge in [-0.3, -0.25) is 29.0 Å². The van der Waals surface area contributed by atoms with Gasteiger partial charge < -0.3 is 35.2 Å². The highest BCUT2D eigenvalue weighted by Crippen LogP contribution is 2.32. The smallest absolute Gasteiger partial charge is 0.247 e. The van der Waals surface area contributed by atoms with Crippen LogP contribution in [0.15, 0.2) is 40.9 Å². The molecule has 0 aliphatic carbocycles. The van der Waals surface area contributed by atoms with Crippen LogP contribution in [-0.2, 0) is 30.4 Å². The number of rotatable bonds is 5. The third-order valence-corrected chi connectivity index (χ3v) is 13.9. The summed E-state index contributed by atoms with van der Waals surface area (Å²) in [5, 5.41) is 18.5. The molecule has 3 aliphatic heterocycles. The van der Waals surface area contributed by atoms with E-state index in [2.05, 4.69) is 38.3 Å². The number of methoxy groups -OCH3 is 1. The number of carbonyl (C=O) groups excluding carboxylic acids is 5. The Morgan fingerprint density at radius 2 is 1.63 bits per heavy atom. The summed E-state index contributed by atoms with van der Waals surface area (Å²) in [4.78, 5) is 80.6. The average molecular weight is 839 g/mol. The van der Waals surface area contributed by atoms with E-state index in [-0.39, 0.29) is 53.5 Å². The second kappa shape index (κ2) is 20.6. The number of thioether (sulfide) groups is 1. The molecule has 59 heavy (non-hydrogen) atoms. The lowest BCUT2D eigenvalue weighted by Crippen LogP contribution is -2.60. The van der Waals surface area contributed by atoms with Crippen LogP contribution in [-0.4, -0.2) is 130 Å². The summed E-state index contributed by atoms with van der Waals surface area (Å²) in [5.41, 5.74) is 0.881. The molecule has 0 spiro atoms. The lowest BCUT2D eigenvalue weighted by atomic mass is 9.79. The standard InChI is InChI=1S/C45H70N6O7S/c1-13-27(3)38-44(57)51-20-14-15-35(51)40(54)48-37(45(7,8)9)22-26(2)21-36(52)29(5)41-46-32(25-59-41)23-28(4)39(53)47-34(24-31-16-18-33(58-12)19-17-31)43(56)49(10)30(6)42(55)50(38)11/h16-19,23,26-27,29-30,32,34-38,52H,13-15,20-22,24-25H2,1-12H3,(H,47,53)(H,48,54)/b28-23+/t26-,27-,29-,30-,32-,34-,35-,36-,37-,38-/m0/s1. The Labute approximate surface area is 356 Å². The summed E-state index contributed by atoms with van der Waals surface area (Å²) in [7, 11) is 4.70. The van der Waals surface area contributed by atoms with Crippen molar-refractivity contribution in [3.8, 4) is 5.75 Å². The average Bonchev–Trinajstić information content (AvgIpc) is 3.89. The molecule has 10 atom stereocenters. The van der Waals surface area contributed by atoms with Gasteiger partial charge in [-0.15, -0.1) is 11.8 Å². The van der Waals surface area contributed by atoms with E-state index in [9.17, 15) is 29.1 Å². The molecule has 3 N–H and O–H groups in total. The van der Waals surface area contributed by atoms with E-state index in [0.717, 1.165) is 10.6 Å². The minimum Gasteiger partial charge on any atom is -0.497 e. The third-order valence-electron chi connectivity index (χ3n) is 12.6. The number of amides is 5. The van der Waals surface area contributed by atoms with Gasteiger partial charge in [-0.2, -0.15) is 0 Å². The number of fused-ring (bicyclic) bond motifs is 2. The van der Waals surface area contributed by atoms with Gasteiger partial charge >= 0.3 is 0 Å². The Morgan fingerprint density at radius 1 is 0.966 bits per heavy atom. The molecule has 0 saturated carbocycles. The van der Waals surface area contributed by atoms with Crippen molar-refractivity contribution in [2.24, 2.45) is 28.2 Å². The van der Waals surface area contributed by atoms with Gasteiger partial charge in [0.05, 0.1) is 24.3 Å². The highest BCUT2D eigenvalue weighted by Gasteiger charge is 2.44. The highest BCUT2D eigenvalue weighted by atomic mass is 32.2. The first-order chi connectivity index (χ1) is 27.7. The maximum atomic E-state index is 14.6. The van der Waals surface area contributed by atoms with Gasteiger partial charge in [0.25, 0.3) is 0 Å². The van der Waals surface area contributed by atoms with Gasteiger partial charge in [0.2, 0.25) is 29.5 Å². The van der Waals surface area contributed by atoms with Crippen molar-refractivity contribution in [3.63, 3.8) is 0 Å². The van der Waals surface area contributed by atoms with E-state index in [4.69, 9.17) is 9.73 Å². The zero-order chi connectivity index (χ0) is 43.9. The van der Waals surface area contributed by atoms with Crippen LogP contribution in [0.5, 0.6) is 5.75 Å². The van der Waals surface area contributed by atoms with Crippen LogP contribution in [0.3, 0.4) is 0 Å². The van der Waals surface area contributed by atoms with Crippen LogP contribution in [0.2, 0.25) is 0 Å². The molecular formula is C45H70N6O7S. The molecule has 2 bridgehead atoms. The number of nitrogens with zero attached hydrogens (tertiary/aromatic N) is 4. The van der Waals surface area contributed by atoms with Crippen molar-refractivity contribution < 1.29 is 33.8 Å². The number of aliphatic imine (C=N–C) groups is 1. The molecule has 14 heteroatoms. The van der Waals surface area contributed by atoms with Crippen LogP contribution < -0.4 is 15.4 Å². The van der Waals surface area contributed by atoms with Crippen LogP contribution in [0.25, 0.3) is 0 Å². The molecule has 0 unspecified atom stereocenters. The fraction of sp³-hybridized carbons (Fsp3) is 0.689. The monoisotopic (exact) mass is 839 g/mol. The normalized spacial score (nSPS) is 31.6. The van der Waals surface area contributed by atoms with E-state index in [1.54, 1.807) is 62.9 Å². The molecule has 1 fully saturated rings. The predicted octanol–water partition coefficient (Wildman–Crippen LogP) is 4.85. The van der Waals surface area contributed by atoms with E-state index in [0.29, 0.717) is 55.7 Å². The number of aliphatic hydroxyl groups is 1. The van der Waals surface area contributed by atoms with E-state index in [1.807, 2.05) is 32.9 Å². The number of aliphatic hydroxyl groups excluding tert-OH is 1. The molecule has 1 saturated heterocycles. The Balaban J connectivity index is 1.74. The molecule has 328 valence electrons. The van der Waals surface area contributed by atoms with Crippen LogP contribution in [0, 0.1) is 23.2 Å². The van der Waals surface area contributed by atoms with Crippen molar-refractivity contribution in [1.82, 2.24) is 25.3 Å². The summed E-state index contributed by atoms with van der Waals surface area (Å²) < 4.78 is 5.32. The van der Waals surface area contributed by atoms with Crippen molar-refractivity contribution in [3.05, 3.63) is 41.5 Å². The molecule has 3 aliphatic rings. The minimum atomic E-state index is -1.03. The second-order valence-electron chi connectivity index (χ2n) is 18.2. The molecule has 0 radical (unpaired) electrons. The Kier molecular flexibility index (Phi) is 16.7. The topological polar surface area (TPSA) is 161 Å². The number of likely N-dealkylation sites (N-methyl/N-ethyl adjacent to an activating group) is 2. The van der Waals surface area contributed by atoms with Gasteiger partial charge in [-0.05, 0) is 74.5 Å². The molecule has 3 heterocycles. The third kappa shape index (κ3) is 11.9. The van der Waals surface area contributed by atoms with Crippen molar-refractivity contribution in [2.45, 2.75) is 143 Å². The number of benzene rings is 1. The minimum absolute atomic E-state index is 0.0598. The summed E-state index contributed by atoms with van der Waals surface area (Å²) in [6, 6.07) is 3.15. The first-order valence-electron chi connectivity index (χ1n) is 21.3. The predicted molar refractivity (Wildman–Crippen MR) is 234 cm³/mol. The Morgan fingerprint density at radius 3 is 2.24 bits per heavy atom. The quantitative estimate of drug-likeness (QED) is 0.380. The fourth-order valence-electron chi connectivity index (χ4n) is 8.27. The van der Waals surface area contributed by atoms with E-state index < -0.39 is 48.0 Å². The molecular weight excluding hydrogens is 769 g/mol. The van der Waals surface area contributed by atoms with Gasteiger partial charge in [0.1, 0.15) is 29.9 Å². The molecule has 1 aromatic carbocycles. The summed E-state index contributed by atoms with van der Waals surface area (Å²) >= 11 is 1.57. The first kappa shape index (κ1) is 47.8. The summed E-state index contributed by atoms with van der Waals surface area (Å²) in [6.45, 7) is 17.9. The SMILES string of the molecule is CC[C@H](C)[C@H]1C(=O)N2CCC[C@H]2C(=O)N[C@H](C(C)(C)C)C[C@@H](C)C[C@H](O)[C@H](C)C2=N[C@@H](/C=C(\C)C(=O)N[C@@H](Cc3ccc(OC)cc3)C(=O)N(C)[C@@H](C)C(=O)N1C)CS2. The van der Waals surface area contributed by atoms with E-state index in [1.165, 1.54) is 16.8 Å². The van der Waals surface area contributed by atoms with Gasteiger partial charge in [0, 0.05) is 50.3 Å². The van der Waals surface area contributed by atoms with Crippen molar-refractivity contribution in [1.29, 1.82) is 0 Å². The zero-order valence-electron chi connectivity index (χ0n) is 37.4. The van der Waals surface area contributed by atoms with Crippen molar-refractivity contribution >= 4 is 46.3 Å². The maximum absolute atomic E-state index is 14.6. The highest BCUT2D eigenvalue weighted by molar-refractivity contribution is 8.14. The summed E-state index contributed by atoms with van der Waals surface area (Å²) in [5.74, 6) is -0.977. The Bertz CT molecular complexity index is 1730.